The SMILES string of the molecule is O=C(O)Nc1ccc(C2[C@H]3CSC[C@@H]23)cc1. The van der Waals surface area contributed by atoms with Gasteiger partial charge in [0.1, 0.15) is 0 Å². The molecule has 3 rings (SSSR count). The normalized spacial score (nSPS) is 30.9. The van der Waals surface area contributed by atoms with Gasteiger partial charge in [-0.3, -0.25) is 5.32 Å². The number of thioether (sulfide) groups is 1. The van der Waals surface area contributed by atoms with E-state index in [9.17, 15) is 4.79 Å². The van der Waals surface area contributed by atoms with Crippen molar-refractivity contribution >= 4 is 23.5 Å². The lowest BCUT2D eigenvalue weighted by Crippen LogP contribution is -2.06. The van der Waals surface area contributed by atoms with Gasteiger partial charge in [0.15, 0.2) is 0 Å². The van der Waals surface area contributed by atoms with Crippen LogP contribution in [0.25, 0.3) is 0 Å². The Balaban J connectivity index is 1.71. The van der Waals surface area contributed by atoms with Crippen molar-refractivity contribution in [3.63, 3.8) is 0 Å². The predicted octanol–water partition coefficient (Wildman–Crippen LogP) is 2.85. The van der Waals surface area contributed by atoms with E-state index in [0.29, 0.717) is 5.69 Å². The summed E-state index contributed by atoms with van der Waals surface area (Å²) < 4.78 is 0. The number of benzene rings is 1. The maximum Gasteiger partial charge on any atom is 0.409 e. The molecule has 0 spiro atoms. The molecule has 0 aromatic heterocycles. The maximum absolute atomic E-state index is 10.4. The van der Waals surface area contributed by atoms with Crippen LogP contribution in [0.15, 0.2) is 24.3 Å². The molecule has 1 aromatic carbocycles. The average Bonchev–Trinajstić information content (AvgIpc) is 2.73. The van der Waals surface area contributed by atoms with Crippen LogP contribution in [0.3, 0.4) is 0 Å². The highest BCUT2D eigenvalue weighted by Crippen LogP contribution is 2.60. The quantitative estimate of drug-likeness (QED) is 0.828. The van der Waals surface area contributed by atoms with Crippen LogP contribution in [-0.4, -0.2) is 22.7 Å². The molecule has 0 radical (unpaired) electrons. The van der Waals surface area contributed by atoms with Crippen molar-refractivity contribution in [1.29, 1.82) is 0 Å². The molecule has 1 heterocycles. The Labute approximate surface area is 98.2 Å². The number of hydrogen-bond donors (Lipinski definition) is 2. The smallest absolute Gasteiger partial charge is 0.409 e. The molecular formula is C12H13NO2S. The number of hydrogen-bond acceptors (Lipinski definition) is 2. The molecule has 1 unspecified atom stereocenters. The molecule has 3 nitrogen and oxygen atoms in total. The van der Waals surface area contributed by atoms with Crippen molar-refractivity contribution in [2.24, 2.45) is 11.8 Å². The van der Waals surface area contributed by atoms with Gasteiger partial charge in [-0.1, -0.05) is 12.1 Å². The summed E-state index contributed by atoms with van der Waals surface area (Å²) in [5, 5.41) is 10.9. The fraction of sp³-hybridized carbons (Fsp3) is 0.417. The van der Waals surface area contributed by atoms with Gasteiger partial charge in [-0.05, 0) is 47.0 Å². The fourth-order valence-electron chi connectivity index (χ4n) is 2.65. The lowest BCUT2D eigenvalue weighted by molar-refractivity contribution is 0.210. The van der Waals surface area contributed by atoms with Gasteiger partial charge in [0.25, 0.3) is 0 Å². The Hall–Kier alpha value is -1.16. The van der Waals surface area contributed by atoms with Gasteiger partial charge in [-0.2, -0.15) is 11.8 Å². The number of carbonyl (C=O) groups is 1. The van der Waals surface area contributed by atoms with Gasteiger partial charge < -0.3 is 5.11 Å². The second-order valence-corrected chi connectivity index (χ2v) is 5.52. The molecule has 84 valence electrons. The summed E-state index contributed by atoms with van der Waals surface area (Å²) in [5.74, 6) is 5.08. The van der Waals surface area contributed by atoms with Crippen LogP contribution in [0.4, 0.5) is 10.5 Å². The van der Waals surface area contributed by atoms with Crippen molar-refractivity contribution in [2.75, 3.05) is 16.8 Å². The summed E-state index contributed by atoms with van der Waals surface area (Å²) in [7, 11) is 0. The van der Waals surface area contributed by atoms with Crippen molar-refractivity contribution < 1.29 is 9.90 Å². The van der Waals surface area contributed by atoms with Gasteiger partial charge >= 0.3 is 6.09 Å². The van der Waals surface area contributed by atoms with E-state index < -0.39 is 6.09 Å². The molecule has 3 atom stereocenters. The van der Waals surface area contributed by atoms with E-state index in [0.717, 1.165) is 17.8 Å². The Morgan fingerprint density at radius 3 is 2.44 bits per heavy atom. The first-order valence-corrected chi connectivity index (χ1v) is 6.59. The summed E-state index contributed by atoms with van der Waals surface area (Å²) >= 11 is 2.05. The van der Waals surface area contributed by atoms with E-state index in [1.807, 2.05) is 12.1 Å². The Bertz CT molecular complexity index is 408. The van der Waals surface area contributed by atoms with Crippen LogP contribution < -0.4 is 5.32 Å². The lowest BCUT2D eigenvalue weighted by Gasteiger charge is -2.05. The first-order chi connectivity index (χ1) is 7.75. The van der Waals surface area contributed by atoms with Crippen LogP contribution in [0.1, 0.15) is 11.5 Å². The van der Waals surface area contributed by atoms with Crippen LogP contribution in [0, 0.1) is 11.8 Å². The highest BCUT2D eigenvalue weighted by Gasteiger charge is 2.53. The molecule has 1 saturated heterocycles. The molecule has 1 aliphatic carbocycles. The molecule has 0 bridgehead atoms. The van der Waals surface area contributed by atoms with Crippen molar-refractivity contribution in [3.8, 4) is 0 Å². The second kappa shape index (κ2) is 3.70. The monoisotopic (exact) mass is 235 g/mol. The molecular weight excluding hydrogens is 222 g/mol. The minimum atomic E-state index is -1.01. The molecule has 1 aromatic rings. The molecule has 16 heavy (non-hydrogen) atoms. The third-order valence-corrected chi connectivity index (χ3v) is 4.74. The summed E-state index contributed by atoms with van der Waals surface area (Å²) in [5.41, 5.74) is 2.02. The summed E-state index contributed by atoms with van der Waals surface area (Å²) in [4.78, 5) is 10.4. The van der Waals surface area contributed by atoms with E-state index in [2.05, 4.69) is 29.2 Å². The molecule has 1 saturated carbocycles. The predicted molar refractivity (Wildman–Crippen MR) is 65.1 cm³/mol. The molecule has 4 heteroatoms. The number of rotatable bonds is 2. The minimum Gasteiger partial charge on any atom is -0.465 e. The maximum atomic E-state index is 10.4. The number of fused-ring (bicyclic) bond motifs is 1. The zero-order valence-electron chi connectivity index (χ0n) is 8.72. The van der Waals surface area contributed by atoms with Crippen molar-refractivity contribution in [3.05, 3.63) is 29.8 Å². The minimum absolute atomic E-state index is 0.649. The Kier molecular flexibility index (Phi) is 2.32. The first kappa shape index (κ1) is 10.0. The van der Waals surface area contributed by atoms with Crippen molar-refractivity contribution in [2.45, 2.75) is 5.92 Å². The zero-order valence-corrected chi connectivity index (χ0v) is 9.54. The lowest BCUT2D eigenvalue weighted by atomic mass is 10.1. The van der Waals surface area contributed by atoms with Crippen LogP contribution in [-0.2, 0) is 0 Å². The zero-order chi connectivity index (χ0) is 11.1. The fourth-order valence-corrected chi connectivity index (χ4v) is 4.24. The second-order valence-electron chi connectivity index (χ2n) is 4.44. The standard InChI is InChI=1S/C12H13NO2S/c14-12(15)13-8-3-1-7(2-4-8)11-9-5-16-6-10(9)11/h1-4,9-11,13H,5-6H2,(H,14,15)/t9-,10+,11?. The van der Waals surface area contributed by atoms with Crippen LogP contribution in [0.5, 0.6) is 0 Å². The van der Waals surface area contributed by atoms with Gasteiger partial charge in [0.2, 0.25) is 0 Å². The third kappa shape index (κ3) is 1.67. The topological polar surface area (TPSA) is 49.3 Å². The van der Waals surface area contributed by atoms with Gasteiger partial charge in [-0.15, -0.1) is 0 Å². The number of carboxylic acid groups (broad SMARTS) is 1. The number of anilines is 1. The molecule has 2 fully saturated rings. The highest BCUT2D eigenvalue weighted by atomic mass is 32.2. The third-order valence-electron chi connectivity index (χ3n) is 3.50. The van der Waals surface area contributed by atoms with E-state index in [4.69, 9.17) is 5.11 Å². The van der Waals surface area contributed by atoms with Crippen molar-refractivity contribution in [1.82, 2.24) is 0 Å². The largest absolute Gasteiger partial charge is 0.465 e. The van der Waals surface area contributed by atoms with E-state index in [1.165, 1.54) is 17.1 Å². The van der Waals surface area contributed by atoms with Crippen LogP contribution in [0.2, 0.25) is 0 Å². The van der Waals surface area contributed by atoms with E-state index >= 15 is 0 Å². The Morgan fingerprint density at radius 1 is 1.25 bits per heavy atom. The molecule has 1 amide bonds. The number of nitrogens with one attached hydrogen (secondary N) is 1. The van der Waals surface area contributed by atoms with Gasteiger partial charge in [-0.25, -0.2) is 4.79 Å². The number of amides is 1. The summed E-state index contributed by atoms with van der Waals surface area (Å²) in [6.45, 7) is 0. The van der Waals surface area contributed by atoms with E-state index in [-0.39, 0.29) is 0 Å². The molecule has 1 aliphatic heterocycles. The van der Waals surface area contributed by atoms with Crippen LogP contribution >= 0.6 is 11.8 Å². The first-order valence-electron chi connectivity index (χ1n) is 5.43. The Morgan fingerprint density at radius 2 is 1.88 bits per heavy atom. The summed E-state index contributed by atoms with van der Waals surface area (Å²) in [6, 6.07) is 7.81. The van der Waals surface area contributed by atoms with E-state index in [1.54, 1.807) is 0 Å². The highest BCUT2D eigenvalue weighted by molar-refractivity contribution is 7.99. The van der Waals surface area contributed by atoms with Gasteiger partial charge in [0, 0.05) is 5.69 Å². The average molecular weight is 235 g/mol. The van der Waals surface area contributed by atoms with Gasteiger partial charge in [0.05, 0.1) is 0 Å². The summed E-state index contributed by atoms with van der Waals surface area (Å²) in [6.07, 6.45) is -1.01. The molecule has 2 N–H and O–H groups in total. The molecule has 2 aliphatic rings.